The third-order valence-corrected chi connectivity index (χ3v) is 6.03. The van der Waals surface area contributed by atoms with Crippen LogP contribution in [0.25, 0.3) is 33.5 Å². The monoisotopic (exact) mass is 529 g/mol. The number of nitrogens with zero attached hydrogens (tertiary/aromatic N) is 2. The Morgan fingerprint density at radius 3 is 2.05 bits per heavy atom. The van der Waals surface area contributed by atoms with Crippen LogP contribution in [0.1, 0.15) is 19.4 Å². The molecule has 6 nitrogen and oxygen atoms in total. The quantitative estimate of drug-likeness (QED) is 0.304. The van der Waals surface area contributed by atoms with Gasteiger partial charge in [-0.3, -0.25) is 4.90 Å². The predicted molar refractivity (Wildman–Crippen MR) is 136 cm³/mol. The maximum Gasteiger partial charge on any atom is 0.490 e. The summed E-state index contributed by atoms with van der Waals surface area (Å²) in [6.45, 7) is 7.17. The lowest BCUT2D eigenvalue weighted by Crippen LogP contribution is -2.44. The number of H-pyrrole nitrogens is 1. The van der Waals surface area contributed by atoms with Gasteiger partial charge in [0.05, 0.1) is 23.2 Å². The predicted octanol–water partition coefficient (Wildman–Crippen LogP) is 6.28. The van der Waals surface area contributed by atoms with Crippen LogP contribution >= 0.6 is 0 Å². The summed E-state index contributed by atoms with van der Waals surface area (Å²) in [4.78, 5) is 19.1. The molecular formula is C28H27F4N3O3. The van der Waals surface area contributed by atoms with Crippen molar-refractivity contribution in [3.63, 3.8) is 0 Å². The maximum absolute atomic E-state index is 13.4. The number of aromatic amines is 1. The van der Waals surface area contributed by atoms with Crippen LogP contribution in [-0.2, 0) is 16.1 Å². The standard InChI is InChI=1S/C26H26FN3O.C2HF3O2/c1-17-14-30(15-18(2)31-17)16-19-3-5-20(6-4-19)21-7-9-22(10-8-21)26-28-24-12-11-23(27)13-25(24)29-26;3-2(4,5)1(6)7/h3-13,17-18H,14-16H2,1-2H3,(H,28,29);(H,6,7). The fraction of sp³-hybridized carbons (Fsp3) is 0.286. The molecule has 4 aromatic rings. The third-order valence-electron chi connectivity index (χ3n) is 6.03. The Hall–Kier alpha value is -3.76. The lowest BCUT2D eigenvalue weighted by Gasteiger charge is -2.35. The van der Waals surface area contributed by atoms with Crippen molar-refractivity contribution in [2.45, 2.75) is 38.8 Å². The van der Waals surface area contributed by atoms with Crippen molar-refractivity contribution in [2.75, 3.05) is 13.1 Å². The summed E-state index contributed by atoms with van der Waals surface area (Å²) < 4.78 is 51.0. The van der Waals surface area contributed by atoms with E-state index >= 15 is 0 Å². The smallest absolute Gasteiger partial charge is 0.475 e. The Bertz CT molecular complexity index is 1380. The Labute approximate surface area is 216 Å². The van der Waals surface area contributed by atoms with Crippen LogP contribution in [-0.4, -0.2) is 57.4 Å². The van der Waals surface area contributed by atoms with Gasteiger partial charge in [-0.25, -0.2) is 14.2 Å². The van der Waals surface area contributed by atoms with Gasteiger partial charge in [0.15, 0.2) is 0 Å². The number of benzene rings is 3. The zero-order chi connectivity index (χ0) is 27.4. The largest absolute Gasteiger partial charge is 0.490 e. The minimum atomic E-state index is -5.08. The molecule has 0 bridgehead atoms. The number of aliphatic carboxylic acids is 1. The number of halogens is 4. The zero-order valence-electron chi connectivity index (χ0n) is 20.8. The Balaban J connectivity index is 0.000000426. The van der Waals surface area contributed by atoms with Crippen LogP contribution in [0.4, 0.5) is 17.6 Å². The zero-order valence-corrected chi connectivity index (χ0v) is 20.8. The van der Waals surface area contributed by atoms with E-state index < -0.39 is 12.1 Å². The molecule has 10 heteroatoms. The topological polar surface area (TPSA) is 78.5 Å². The molecule has 3 aromatic carbocycles. The van der Waals surface area contributed by atoms with Gasteiger partial charge in [-0.05, 0) is 48.7 Å². The van der Waals surface area contributed by atoms with E-state index in [1.807, 2.05) is 12.1 Å². The fourth-order valence-corrected chi connectivity index (χ4v) is 4.41. The number of hydrogen-bond donors (Lipinski definition) is 2. The molecule has 2 atom stereocenters. The first-order valence-corrected chi connectivity index (χ1v) is 12.0. The molecular weight excluding hydrogens is 502 g/mol. The van der Waals surface area contributed by atoms with Crippen molar-refractivity contribution in [2.24, 2.45) is 0 Å². The minimum absolute atomic E-state index is 0.265. The average molecular weight is 530 g/mol. The van der Waals surface area contributed by atoms with Crippen LogP contribution in [0.5, 0.6) is 0 Å². The molecule has 38 heavy (non-hydrogen) atoms. The summed E-state index contributed by atoms with van der Waals surface area (Å²) >= 11 is 0. The summed E-state index contributed by atoms with van der Waals surface area (Å²) in [5.74, 6) is -2.27. The Morgan fingerprint density at radius 1 is 0.974 bits per heavy atom. The number of rotatable bonds is 4. The number of nitrogens with one attached hydrogen (secondary N) is 1. The Kier molecular flexibility index (Phi) is 8.13. The lowest BCUT2D eigenvalue weighted by molar-refractivity contribution is -0.192. The number of aromatic nitrogens is 2. The maximum atomic E-state index is 13.4. The van der Waals surface area contributed by atoms with E-state index in [1.165, 1.54) is 23.3 Å². The second kappa shape index (κ2) is 11.3. The summed E-state index contributed by atoms with van der Waals surface area (Å²) in [5, 5.41) is 7.12. The molecule has 1 aromatic heterocycles. The summed E-state index contributed by atoms with van der Waals surface area (Å²) in [7, 11) is 0. The summed E-state index contributed by atoms with van der Waals surface area (Å²) in [5.41, 5.74) is 6.11. The number of imidazole rings is 1. The minimum Gasteiger partial charge on any atom is -0.475 e. The molecule has 1 aliphatic heterocycles. The molecule has 0 spiro atoms. The molecule has 2 N–H and O–H groups in total. The molecule has 200 valence electrons. The van der Waals surface area contributed by atoms with Gasteiger partial charge in [-0.15, -0.1) is 0 Å². The first kappa shape index (κ1) is 27.3. The van der Waals surface area contributed by atoms with E-state index in [2.05, 4.69) is 65.1 Å². The average Bonchev–Trinajstić information content (AvgIpc) is 3.27. The lowest BCUT2D eigenvalue weighted by atomic mass is 10.0. The normalized spacial score (nSPS) is 18.2. The van der Waals surface area contributed by atoms with Gasteiger partial charge in [0.2, 0.25) is 0 Å². The number of ether oxygens (including phenoxy) is 1. The van der Waals surface area contributed by atoms with Gasteiger partial charge in [0, 0.05) is 25.2 Å². The van der Waals surface area contributed by atoms with Crippen LogP contribution in [0.15, 0.2) is 66.7 Å². The molecule has 5 rings (SSSR count). The van der Waals surface area contributed by atoms with Crippen molar-refractivity contribution in [3.8, 4) is 22.5 Å². The summed E-state index contributed by atoms with van der Waals surface area (Å²) in [6, 6.07) is 21.7. The van der Waals surface area contributed by atoms with Crippen molar-refractivity contribution in [1.29, 1.82) is 0 Å². The highest BCUT2D eigenvalue weighted by Crippen LogP contribution is 2.26. The molecule has 1 fully saturated rings. The van der Waals surface area contributed by atoms with E-state index in [4.69, 9.17) is 14.6 Å². The molecule has 2 heterocycles. The van der Waals surface area contributed by atoms with E-state index in [-0.39, 0.29) is 18.0 Å². The van der Waals surface area contributed by atoms with Crippen LogP contribution in [0, 0.1) is 5.82 Å². The highest BCUT2D eigenvalue weighted by molar-refractivity contribution is 5.80. The van der Waals surface area contributed by atoms with E-state index in [1.54, 1.807) is 6.07 Å². The second-order valence-electron chi connectivity index (χ2n) is 9.28. The molecule has 0 saturated carbocycles. The van der Waals surface area contributed by atoms with Gasteiger partial charge in [0.25, 0.3) is 0 Å². The van der Waals surface area contributed by atoms with Crippen molar-refractivity contribution in [3.05, 3.63) is 78.1 Å². The van der Waals surface area contributed by atoms with Gasteiger partial charge < -0.3 is 14.8 Å². The van der Waals surface area contributed by atoms with Crippen LogP contribution < -0.4 is 0 Å². The van der Waals surface area contributed by atoms with Gasteiger partial charge >= 0.3 is 12.1 Å². The van der Waals surface area contributed by atoms with E-state index in [9.17, 15) is 17.6 Å². The molecule has 0 radical (unpaired) electrons. The SMILES string of the molecule is CC1CN(Cc2ccc(-c3ccc(-c4nc5ccc(F)cc5[nH]4)cc3)cc2)CC(C)O1.O=C(O)C(F)(F)F. The first-order chi connectivity index (χ1) is 18.0. The summed E-state index contributed by atoms with van der Waals surface area (Å²) in [6.07, 6.45) is -4.51. The highest BCUT2D eigenvalue weighted by atomic mass is 19.4. The van der Waals surface area contributed by atoms with Crippen molar-refractivity contribution in [1.82, 2.24) is 14.9 Å². The molecule has 0 aliphatic carbocycles. The third kappa shape index (κ3) is 6.96. The first-order valence-electron chi connectivity index (χ1n) is 12.0. The molecule has 1 saturated heterocycles. The number of hydrogen-bond acceptors (Lipinski definition) is 4. The number of alkyl halides is 3. The number of carbonyl (C=O) groups is 1. The van der Waals surface area contributed by atoms with Crippen LogP contribution in [0.2, 0.25) is 0 Å². The van der Waals surface area contributed by atoms with E-state index in [0.29, 0.717) is 5.52 Å². The molecule has 2 unspecified atom stereocenters. The van der Waals surface area contributed by atoms with Gasteiger partial charge in [0.1, 0.15) is 11.6 Å². The number of morpholine rings is 1. The van der Waals surface area contributed by atoms with E-state index in [0.717, 1.165) is 42.1 Å². The van der Waals surface area contributed by atoms with Crippen LogP contribution in [0.3, 0.4) is 0 Å². The number of fused-ring (bicyclic) bond motifs is 1. The van der Waals surface area contributed by atoms with Gasteiger partial charge in [-0.2, -0.15) is 13.2 Å². The van der Waals surface area contributed by atoms with Gasteiger partial charge in [-0.1, -0.05) is 48.5 Å². The van der Waals surface area contributed by atoms with Crippen molar-refractivity contribution < 1.29 is 32.2 Å². The van der Waals surface area contributed by atoms with Crippen molar-refractivity contribution >= 4 is 17.0 Å². The fourth-order valence-electron chi connectivity index (χ4n) is 4.41. The molecule has 1 aliphatic rings. The Morgan fingerprint density at radius 2 is 1.50 bits per heavy atom. The molecule has 0 amide bonds. The number of carboxylic acids is 1. The second-order valence-corrected chi connectivity index (χ2v) is 9.28. The number of carboxylic acid groups (broad SMARTS) is 1. The highest BCUT2D eigenvalue weighted by Gasteiger charge is 2.38.